The number of nitrogens with zero attached hydrogens (tertiary/aromatic N) is 1. The zero-order valence-corrected chi connectivity index (χ0v) is 8.46. The van der Waals surface area contributed by atoms with Crippen LogP contribution in [0, 0.1) is 0 Å². The molecule has 0 amide bonds. The molecule has 14 heavy (non-hydrogen) atoms. The quantitative estimate of drug-likeness (QED) is 0.767. The van der Waals surface area contributed by atoms with Crippen molar-refractivity contribution in [2.75, 3.05) is 11.5 Å². The zero-order chi connectivity index (χ0) is 10.0. The van der Waals surface area contributed by atoms with Gasteiger partial charge in [-0.05, 0) is 6.42 Å². The van der Waals surface area contributed by atoms with E-state index in [9.17, 15) is 8.42 Å². The highest BCUT2D eigenvalue weighted by molar-refractivity contribution is 7.91. The summed E-state index contributed by atoms with van der Waals surface area (Å²) >= 11 is 0. The first-order chi connectivity index (χ1) is 6.66. The fourth-order valence-electron chi connectivity index (χ4n) is 1.53. The molecule has 1 aromatic heterocycles. The maximum Gasteiger partial charge on any atom is 0.180 e. The van der Waals surface area contributed by atoms with Crippen LogP contribution in [-0.2, 0) is 16.4 Å². The number of oxazole rings is 1. The number of aromatic nitrogens is 1. The monoisotopic (exact) mass is 216 g/mol. The van der Waals surface area contributed by atoms with Gasteiger partial charge in [-0.3, -0.25) is 0 Å². The summed E-state index contributed by atoms with van der Waals surface area (Å²) < 4.78 is 27.1. The van der Waals surface area contributed by atoms with Crippen LogP contribution >= 0.6 is 0 Å². The molecule has 1 aliphatic heterocycles. The van der Waals surface area contributed by atoms with Crippen LogP contribution in [0.4, 0.5) is 0 Å². The topological polar surface area (TPSA) is 72.2 Å². The molecule has 0 saturated carbocycles. The summed E-state index contributed by atoms with van der Waals surface area (Å²) in [5.41, 5.74) is 0.800. The Hall–Kier alpha value is -0.880. The minimum atomic E-state index is -2.79. The number of rotatable bonds is 3. The lowest BCUT2D eigenvalue weighted by atomic mass is 10.2. The molecule has 1 saturated heterocycles. The van der Waals surface area contributed by atoms with Gasteiger partial charge in [-0.1, -0.05) is 0 Å². The molecule has 1 aliphatic rings. The Kier molecular flexibility index (Phi) is 2.56. The number of hydrogen-bond donors (Lipinski definition) is 1. The maximum atomic E-state index is 11.1. The molecule has 5 nitrogen and oxygen atoms in total. The Bertz CT molecular complexity index is 385. The summed E-state index contributed by atoms with van der Waals surface area (Å²) in [6.45, 7) is 0.566. The minimum absolute atomic E-state index is 0.0664. The predicted octanol–water partition coefficient (Wildman–Crippen LogP) is -0.0487. The molecule has 78 valence electrons. The maximum absolute atomic E-state index is 11.1. The highest BCUT2D eigenvalue weighted by atomic mass is 32.2. The molecule has 2 rings (SSSR count). The summed E-state index contributed by atoms with van der Waals surface area (Å²) in [6.07, 6.45) is 3.61. The van der Waals surface area contributed by atoms with Gasteiger partial charge in [0.15, 0.2) is 16.2 Å². The molecule has 0 aliphatic carbocycles. The van der Waals surface area contributed by atoms with E-state index < -0.39 is 9.84 Å². The van der Waals surface area contributed by atoms with E-state index in [0.29, 0.717) is 18.7 Å². The molecule has 6 heteroatoms. The zero-order valence-electron chi connectivity index (χ0n) is 7.64. The van der Waals surface area contributed by atoms with Crippen molar-refractivity contribution in [3.8, 4) is 0 Å². The van der Waals surface area contributed by atoms with Crippen LogP contribution in [-0.4, -0.2) is 30.9 Å². The van der Waals surface area contributed by atoms with Crippen LogP contribution in [0.25, 0.3) is 0 Å². The van der Waals surface area contributed by atoms with Crippen molar-refractivity contribution >= 4 is 9.84 Å². The first-order valence-electron chi connectivity index (χ1n) is 4.46. The van der Waals surface area contributed by atoms with Gasteiger partial charge in [0.05, 0.1) is 17.2 Å². The lowest BCUT2D eigenvalue weighted by Gasteiger charge is -2.07. The third kappa shape index (κ3) is 2.33. The Morgan fingerprint density at radius 3 is 3.07 bits per heavy atom. The second-order valence-electron chi connectivity index (χ2n) is 3.46. The number of sulfone groups is 1. The van der Waals surface area contributed by atoms with Gasteiger partial charge in [-0.2, -0.15) is 0 Å². The van der Waals surface area contributed by atoms with Gasteiger partial charge < -0.3 is 9.73 Å². The van der Waals surface area contributed by atoms with Crippen LogP contribution < -0.4 is 5.32 Å². The van der Waals surface area contributed by atoms with E-state index >= 15 is 0 Å². The van der Waals surface area contributed by atoms with Crippen molar-refractivity contribution in [1.82, 2.24) is 10.3 Å². The van der Waals surface area contributed by atoms with Crippen molar-refractivity contribution in [2.24, 2.45) is 0 Å². The normalized spacial score (nSPS) is 25.3. The van der Waals surface area contributed by atoms with E-state index in [0.717, 1.165) is 5.69 Å². The van der Waals surface area contributed by atoms with Gasteiger partial charge in [-0.25, -0.2) is 13.4 Å². The van der Waals surface area contributed by atoms with Gasteiger partial charge >= 0.3 is 0 Å². The molecule has 1 N–H and O–H groups in total. The fourth-order valence-corrected chi connectivity index (χ4v) is 3.24. The molecule has 0 spiro atoms. The third-order valence-electron chi connectivity index (χ3n) is 2.29. The number of nitrogens with one attached hydrogen (secondary N) is 1. The Labute approximate surface area is 82.4 Å². The highest BCUT2D eigenvalue weighted by Gasteiger charge is 2.27. The van der Waals surface area contributed by atoms with Crippen molar-refractivity contribution in [2.45, 2.75) is 19.0 Å². The molecule has 1 fully saturated rings. The summed E-state index contributed by atoms with van der Waals surface area (Å²) in [4.78, 5) is 3.93. The summed E-state index contributed by atoms with van der Waals surface area (Å²) in [7, 11) is -2.79. The van der Waals surface area contributed by atoms with Crippen LogP contribution in [0.5, 0.6) is 0 Å². The van der Waals surface area contributed by atoms with Gasteiger partial charge in [0.2, 0.25) is 0 Å². The summed E-state index contributed by atoms with van der Waals surface area (Å²) in [5.74, 6) is 0.536. The molecule has 1 unspecified atom stereocenters. The third-order valence-corrected chi connectivity index (χ3v) is 4.06. The molecule has 2 heterocycles. The van der Waals surface area contributed by atoms with Gasteiger partial charge in [-0.15, -0.1) is 0 Å². The van der Waals surface area contributed by atoms with Crippen molar-refractivity contribution in [1.29, 1.82) is 0 Å². The summed E-state index contributed by atoms with van der Waals surface area (Å²) in [6, 6.07) is 0.0664. The van der Waals surface area contributed by atoms with Crippen molar-refractivity contribution in [3.05, 3.63) is 18.4 Å². The molecule has 1 aromatic rings. The van der Waals surface area contributed by atoms with E-state index in [2.05, 4.69) is 10.3 Å². The van der Waals surface area contributed by atoms with Gasteiger partial charge in [0.1, 0.15) is 6.26 Å². The molecular weight excluding hydrogens is 204 g/mol. The second kappa shape index (κ2) is 3.70. The largest absolute Gasteiger partial charge is 0.451 e. The Balaban J connectivity index is 1.83. The minimum Gasteiger partial charge on any atom is -0.451 e. The van der Waals surface area contributed by atoms with E-state index in [1.165, 1.54) is 6.39 Å². The van der Waals surface area contributed by atoms with E-state index in [1.807, 2.05) is 0 Å². The standard InChI is InChI=1S/C8H12N2O3S/c11-14(12)2-1-7(5-14)9-3-8-4-13-6-10-8/h4,6-7,9H,1-3,5H2. The Morgan fingerprint density at radius 1 is 1.64 bits per heavy atom. The lowest BCUT2D eigenvalue weighted by Crippen LogP contribution is -2.29. The molecule has 0 bridgehead atoms. The van der Waals surface area contributed by atoms with Crippen LogP contribution in [0.2, 0.25) is 0 Å². The average molecular weight is 216 g/mol. The highest BCUT2D eigenvalue weighted by Crippen LogP contribution is 2.11. The predicted molar refractivity (Wildman–Crippen MR) is 50.4 cm³/mol. The van der Waals surface area contributed by atoms with Crippen molar-refractivity contribution in [3.63, 3.8) is 0 Å². The molecule has 1 atom stereocenters. The van der Waals surface area contributed by atoms with Crippen LogP contribution in [0.1, 0.15) is 12.1 Å². The van der Waals surface area contributed by atoms with Crippen LogP contribution in [0.3, 0.4) is 0 Å². The average Bonchev–Trinajstić information content (AvgIpc) is 2.70. The fraction of sp³-hybridized carbons (Fsp3) is 0.625. The van der Waals surface area contributed by atoms with Gasteiger partial charge in [0, 0.05) is 12.6 Å². The summed E-state index contributed by atoms with van der Waals surface area (Å²) in [5, 5.41) is 3.14. The molecule has 0 radical (unpaired) electrons. The first-order valence-corrected chi connectivity index (χ1v) is 6.29. The van der Waals surface area contributed by atoms with Crippen LogP contribution in [0.15, 0.2) is 17.1 Å². The number of hydrogen-bond acceptors (Lipinski definition) is 5. The van der Waals surface area contributed by atoms with E-state index in [4.69, 9.17) is 4.42 Å². The molecular formula is C8H12N2O3S. The van der Waals surface area contributed by atoms with E-state index in [1.54, 1.807) is 6.26 Å². The SMILES string of the molecule is O=S1(=O)CCC(NCc2cocn2)C1. The Morgan fingerprint density at radius 2 is 2.50 bits per heavy atom. The molecule has 0 aromatic carbocycles. The van der Waals surface area contributed by atoms with Gasteiger partial charge in [0.25, 0.3) is 0 Å². The second-order valence-corrected chi connectivity index (χ2v) is 5.69. The smallest absolute Gasteiger partial charge is 0.180 e. The first kappa shape index (κ1) is 9.67. The lowest BCUT2D eigenvalue weighted by molar-refractivity contribution is 0.538. The van der Waals surface area contributed by atoms with E-state index in [-0.39, 0.29) is 11.8 Å². The van der Waals surface area contributed by atoms with Crippen molar-refractivity contribution < 1.29 is 12.8 Å².